The summed E-state index contributed by atoms with van der Waals surface area (Å²) < 4.78 is 11.0. The van der Waals surface area contributed by atoms with Crippen molar-refractivity contribution in [2.75, 3.05) is 38.7 Å². The summed E-state index contributed by atoms with van der Waals surface area (Å²) in [4.78, 5) is 2.42. The third-order valence-corrected chi connectivity index (χ3v) is 4.56. The Kier molecular flexibility index (Phi) is 6.82. The van der Waals surface area contributed by atoms with E-state index in [9.17, 15) is 0 Å². The number of morpholine rings is 1. The summed E-state index contributed by atoms with van der Waals surface area (Å²) in [6.45, 7) is 4.24. The molecule has 3 rings (SSSR count). The molecule has 0 radical (unpaired) electrons. The van der Waals surface area contributed by atoms with Crippen LogP contribution in [0.4, 0.5) is 5.69 Å². The minimum atomic E-state index is 0.128. The standard InChI is InChI=1S/C20H25N3O2S/c1-24-18-9-7-17(8-10-18)22-20(26)21-13-19-15-23(11-12-25-19)14-16-5-3-2-4-6-16/h2-10,19H,11-15H2,1H3,(H2,21,22,26)/t19-/m1/s1. The van der Waals surface area contributed by atoms with Crippen LogP contribution in [0, 0.1) is 0 Å². The summed E-state index contributed by atoms with van der Waals surface area (Å²) >= 11 is 5.38. The Morgan fingerprint density at radius 3 is 2.69 bits per heavy atom. The van der Waals surface area contributed by atoms with Gasteiger partial charge in [-0.1, -0.05) is 30.3 Å². The molecule has 26 heavy (non-hydrogen) atoms. The fraction of sp³-hybridized carbons (Fsp3) is 0.350. The van der Waals surface area contributed by atoms with E-state index in [-0.39, 0.29) is 6.10 Å². The Morgan fingerprint density at radius 2 is 1.96 bits per heavy atom. The SMILES string of the molecule is COc1ccc(NC(=S)NC[C@@H]2CN(Cc3ccccc3)CCO2)cc1. The first-order valence-electron chi connectivity index (χ1n) is 8.80. The average Bonchev–Trinajstić information content (AvgIpc) is 2.68. The molecule has 0 bridgehead atoms. The lowest BCUT2D eigenvalue weighted by Gasteiger charge is -2.33. The van der Waals surface area contributed by atoms with Gasteiger partial charge in [-0.2, -0.15) is 0 Å². The average molecular weight is 372 g/mol. The largest absolute Gasteiger partial charge is 0.497 e. The Labute approximate surface area is 160 Å². The smallest absolute Gasteiger partial charge is 0.170 e. The van der Waals surface area contributed by atoms with Crippen LogP contribution in [-0.4, -0.2) is 49.5 Å². The molecule has 0 unspecified atom stereocenters. The van der Waals surface area contributed by atoms with Gasteiger partial charge in [0.1, 0.15) is 5.75 Å². The van der Waals surface area contributed by atoms with Gasteiger partial charge in [-0.25, -0.2) is 0 Å². The summed E-state index contributed by atoms with van der Waals surface area (Å²) in [6, 6.07) is 18.2. The van der Waals surface area contributed by atoms with Crippen LogP contribution in [0.2, 0.25) is 0 Å². The molecule has 1 saturated heterocycles. The van der Waals surface area contributed by atoms with Gasteiger partial charge >= 0.3 is 0 Å². The maximum atomic E-state index is 5.87. The van der Waals surface area contributed by atoms with E-state index in [0.717, 1.165) is 37.7 Å². The van der Waals surface area contributed by atoms with Crippen molar-refractivity contribution in [2.24, 2.45) is 0 Å². The van der Waals surface area contributed by atoms with Gasteiger partial charge in [-0.15, -0.1) is 0 Å². The van der Waals surface area contributed by atoms with Gasteiger partial charge in [-0.05, 0) is 42.0 Å². The van der Waals surface area contributed by atoms with E-state index in [1.54, 1.807) is 7.11 Å². The van der Waals surface area contributed by atoms with Crippen molar-refractivity contribution < 1.29 is 9.47 Å². The zero-order valence-electron chi connectivity index (χ0n) is 15.0. The number of methoxy groups -OCH3 is 1. The molecular formula is C20H25N3O2S. The quantitative estimate of drug-likeness (QED) is 0.762. The fourth-order valence-corrected chi connectivity index (χ4v) is 3.15. The van der Waals surface area contributed by atoms with Gasteiger partial charge in [0.2, 0.25) is 0 Å². The van der Waals surface area contributed by atoms with Crippen molar-refractivity contribution >= 4 is 23.0 Å². The van der Waals surface area contributed by atoms with Crippen LogP contribution in [0.25, 0.3) is 0 Å². The monoisotopic (exact) mass is 371 g/mol. The van der Waals surface area contributed by atoms with E-state index in [4.69, 9.17) is 21.7 Å². The van der Waals surface area contributed by atoms with Crippen LogP contribution in [0.15, 0.2) is 54.6 Å². The van der Waals surface area contributed by atoms with Crippen LogP contribution in [0.3, 0.4) is 0 Å². The van der Waals surface area contributed by atoms with E-state index in [0.29, 0.717) is 11.7 Å². The second kappa shape index (κ2) is 9.52. The predicted octanol–water partition coefficient (Wildman–Crippen LogP) is 2.88. The highest BCUT2D eigenvalue weighted by atomic mass is 32.1. The van der Waals surface area contributed by atoms with Crippen LogP contribution >= 0.6 is 12.2 Å². The number of thiocarbonyl (C=S) groups is 1. The minimum Gasteiger partial charge on any atom is -0.497 e. The lowest BCUT2D eigenvalue weighted by molar-refractivity contribution is -0.0279. The maximum Gasteiger partial charge on any atom is 0.170 e. The number of anilines is 1. The van der Waals surface area contributed by atoms with Crippen molar-refractivity contribution in [2.45, 2.75) is 12.6 Å². The zero-order valence-corrected chi connectivity index (χ0v) is 15.8. The fourth-order valence-electron chi connectivity index (χ4n) is 2.95. The maximum absolute atomic E-state index is 5.87. The Morgan fingerprint density at radius 1 is 1.19 bits per heavy atom. The highest BCUT2D eigenvalue weighted by molar-refractivity contribution is 7.80. The molecule has 2 N–H and O–H groups in total. The molecule has 0 amide bonds. The van der Waals surface area contributed by atoms with Crippen molar-refractivity contribution in [1.29, 1.82) is 0 Å². The summed E-state index contributed by atoms with van der Waals surface area (Å²) in [6.07, 6.45) is 0.128. The van der Waals surface area contributed by atoms with Gasteiger partial charge in [0.25, 0.3) is 0 Å². The molecule has 0 saturated carbocycles. The molecule has 1 atom stereocenters. The van der Waals surface area contributed by atoms with Crippen molar-refractivity contribution in [3.63, 3.8) is 0 Å². The molecule has 138 valence electrons. The van der Waals surface area contributed by atoms with E-state index in [1.165, 1.54) is 5.56 Å². The summed E-state index contributed by atoms with van der Waals surface area (Å²) in [5, 5.41) is 7.03. The highest BCUT2D eigenvalue weighted by Crippen LogP contribution is 2.15. The molecule has 2 aromatic rings. The molecule has 0 spiro atoms. The summed E-state index contributed by atoms with van der Waals surface area (Å²) in [7, 11) is 1.65. The summed E-state index contributed by atoms with van der Waals surface area (Å²) in [5.41, 5.74) is 2.26. The molecule has 0 aromatic heterocycles. The molecule has 1 heterocycles. The van der Waals surface area contributed by atoms with Crippen LogP contribution in [0.1, 0.15) is 5.56 Å². The van der Waals surface area contributed by atoms with Crippen molar-refractivity contribution in [3.05, 3.63) is 60.2 Å². The first-order valence-corrected chi connectivity index (χ1v) is 9.20. The third kappa shape index (κ3) is 5.69. The molecule has 6 heteroatoms. The Hall–Kier alpha value is -2.15. The van der Waals surface area contributed by atoms with Gasteiger partial charge in [0, 0.05) is 31.9 Å². The van der Waals surface area contributed by atoms with Crippen LogP contribution in [-0.2, 0) is 11.3 Å². The molecule has 2 aromatic carbocycles. The molecule has 1 aliphatic rings. The number of benzene rings is 2. The highest BCUT2D eigenvalue weighted by Gasteiger charge is 2.20. The lowest BCUT2D eigenvalue weighted by Crippen LogP contribution is -2.47. The van der Waals surface area contributed by atoms with E-state index in [2.05, 4.69) is 39.8 Å². The second-order valence-corrected chi connectivity index (χ2v) is 6.69. The number of ether oxygens (including phenoxy) is 2. The minimum absolute atomic E-state index is 0.128. The van der Waals surface area contributed by atoms with E-state index < -0.39 is 0 Å². The van der Waals surface area contributed by atoms with Gasteiger partial charge in [0.15, 0.2) is 5.11 Å². The number of rotatable bonds is 6. The number of nitrogens with zero attached hydrogens (tertiary/aromatic N) is 1. The molecule has 1 fully saturated rings. The normalized spacial score (nSPS) is 17.5. The predicted molar refractivity (Wildman–Crippen MR) is 109 cm³/mol. The first kappa shape index (κ1) is 18.6. The van der Waals surface area contributed by atoms with E-state index in [1.807, 2.05) is 30.3 Å². The van der Waals surface area contributed by atoms with Crippen LogP contribution in [0.5, 0.6) is 5.75 Å². The molecule has 1 aliphatic heterocycles. The van der Waals surface area contributed by atoms with Gasteiger partial charge in [0.05, 0.1) is 19.8 Å². The zero-order chi connectivity index (χ0) is 18.2. The summed E-state index contributed by atoms with van der Waals surface area (Å²) in [5.74, 6) is 0.823. The van der Waals surface area contributed by atoms with Gasteiger partial charge < -0.3 is 20.1 Å². The number of hydrogen-bond donors (Lipinski definition) is 2. The number of nitrogens with one attached hydrogen (secondary N) is 2. The Bertz CT molecular complexity index is 694. The van der Waals surface area contributed by atoms with Crippen molar-refractivity contribution in [3.8, 4) is 5.75 Å². The first-order chi connectivity index (χ1) is 12.7. The molecular weight excluding hydrogens is 346 g/mol. The molecule has 0 aliphatic carbocycles. The third-order valence-electron chi connectivity index (χ3n) is 4.31. The lowest BCUT2D eigenvalue weighted by atomic mass is 10.2. The number of hydrogen-bond acceptors (Lipinski definition) is 4. The van der Waals surface area contributed by atoms with Gasteiger partial charge in [-0.3, -0.25) is 4.90 Å². The van der Waals surface area contributed by atoms with E-state index >= 15 is 0 Å². The Balaban J connectivity index is 1.42. The van der Waals surface area contributed by atoms with Crippen molar-refractivity contribution in [1.82, 2.24) is 10.2 Å². The topological polar surface area (TPSA) is 45.8 Å². The van der Waals surface area contributed by atoms with Crippen LogP contribution < -0.4 is 15.4 Å². The molecule has 5 nitrogen and oxygen atoms in total. The second-order valence-electron chi connectivity index (χ2n) is 6.28.